The lowest BCUT2D eigenvalue weighted by Crippen LogP contribution is -1.90. The van der Waals surface area contributed by atoms with Crippen molar-refractivity contribution in [3.05, 3.63) is 28.1 Å². The molecule has 0 spiro atoms. The summed E-state index contributed by atoms with van der Waals surface area (Å²) in [6.07, 6.45) is 0. The van der Waals surface area contributed by atoms with Gasteiger partial charge in [0.2, 0.25) is 0 Å². The number of benzene rings is 1. The van der Waals surface area contributed by atoms with Crippen LogP contribution < -0.4 is 0 Å². The zero-order valence-corrected chi connectivity index (χ0v) is 8.84. The van der Waals surface area contributed by atoms with Crippen LogP contribution in [0, 0.1) is 17.1 Å². The van der Waals surface area contributed by atoms with Crippen LogP contribution in [0.2, 0.25) is 0 Å². The van der Waals surface area contributed by atoms with E-state index in [2.05, 4.69) is 21.0 Å². The van der Waals surface area contributed by atoms with Crippen molar-refractivity contribution in [3.63, 3.8) is 0 Å². The average molecular weight is 254 g/mol. The molecule has 0 unspecified atom stereocenters. The van der Waals surface area contributed by atoms with Crippen LogP contribution in [0.3, 0.4) is 0 Å². The number of aryl methyl sites for hydroxylation is 1. The fourth-order valence-corrected chi connectivity index (χ4v) is 1.88. The molecule has 70 valence electrons. The minimum absolute atomic E-state index is 0.0335. The van der Waals surface area contributed by atoms with Gasteiger partial charge in [-0.05, 0) is 22.0 Å². The van der Waals surface area contributed by atoms with Gasteiger partial charge in [0.15, 0.2) is 0 Å². The van der Waals surface area contributed by atoms with E-state index in [0.717, 1.165) is 5.39 Å². The molecule has 0 N–H and O–H groups in total. The Labute approximate surface area is 87.9 Å². The van der Waals surface area contributed by atoms with Gasteiger partial charge in [0.25, 0.3) is 0 Å². The Bertz CT molecular complexity index is 553. The Balaban J connectivity index is 2.91. The van der Waals surface area contributed by atoms with Gasteiger partial charge in [-0.15, -0.1) is 0 Å². The number of nitriles is 1. The molecular weight excluding hydrogens is 249 g/mol. The van der Waals surface area contributed by atoms with Crippen LogP contribution in [0.1, 0.15) is 5.56 Å². The largest absolute Gasteiger partial charge is 0.267 e. The predicted octanol–water partition coefficient (Wildman–Crippen LogP) is 2.35. The van der Waals surface area contributed by atoms with Crippen LogP contribution in [0.5, 0.6) is 0 Å². The normalized spacial score (nSPS) is 10.4. The van der Waals surface area contributed by atoms with Gasteiger partial charge < -0.3 is 0 Å². The maximum absolute atomic E-state index is 13.2. The first-order valence-electron chi connectivity index (χ1n) is 3.85. The molecular formula is C9H5BrFN3. The van der Waals surface area contributed by atoms with Gasteiger partial charge in [0.05, 0.1) is 11.1 Å². The summed E-state index contributed by atoms with van der Waals surface area (Å²) in [7, 11) is 1.72. The number of aromatic nitrogens is 2. The van der Waals surface area contributed by atoms with Gasteiger partial charge in [-0.2, -0.15) is 10.4 Å². The second-order valence-electron chi connectivity index (χ2n) is 2.88. The van der Waals surface area contributed by atoms with Crippen molar-refractivity contribution in [2.75, 3.05) is 0 Å². The lowest BCUT2D eigenvalue weighted by molar-refractivity contribution is 0.624. The number of halogens is 2. The van der Waals surface area contributed by atoms with Gasteiger partial charge in [0, 0.05) is 18.5 Å². The summed E-state index contributed by atoms with van der Waals surface area (Å²) >= 11 is 3.24. The first-order valence-corrected chi connectivity index (χ1v) is 4.64. The molecule has 14 heavy (non-hydrogen) atoms. The molecule has 0 atom stereocenters. The maximum atomic E-state index is 13.2. The number of nitrogens with zero attached hydrogens (tertiary/aromatic N) is 3. The van der Waals surface area contributed by atoms with Crippen molar-refractivity contribution in [1.29, 1.82) is 5.26 Å². The molecule has 2 rings (SSSR count). The van der Waals surface area contributed by atoms with E-state index in [1.807, 2.05) is 0 Å². The third-order valence-electron chi connectivity index (χ3n) is 2.01. The lowest BCUT2D eigenvalue weighted by atomic mass is 10.1. The van der Waals surface area contributed by atoms with E-state index in [0.29, 0.717) is 10.1 Å². The van der Waals surface area contributed by atoms with Gasteiger partial charge in [-0.25, -0.2) is 4.39 Å². The SMILES string of the molecule is Cn1nc(Br)c2cc(C#N)c(F)cc21. The molecule has 0 aliphatic heterocycles. The topological polar surface area (TPSA) is 41.6 Å². The van der Waals surface area contributed by atoms with Crippen LogP contribution >= 0.6 is 15.9 Å². The van der Waals surface area contributed by atoms with Gasteiger partial charge in [-0.1, -0.05) is 0 Å². The summed E-state index contributed by atoms with van der Waals surface area (Å²) in [5.74, 6) is -0.518. The summed E-state index contributed by atoms with van der Waals surface area (Å²) in [5, 5.41) is 13.4. The Morgan fingerprint density at radius 1 is 1.57 bits per heavy atom. The van der Waals surface area contributed by atoms with Gasteiger partial charge >= 0.3 is 0 Å². The highest BCUT2D eigenvalue weighted by Gasteiger charge is 2.10. The highest BCUT2D eigenvalue weighted by molar-refractivity contribution is 9.10. The summed E-state index contributed by atoms with van der Waals surface area (Å²) in [4.78, 5) is 0. The third-order valence-corrected chi connectivity index (χ3v) is 2.60. The Kier molecular flexibility index (Phi) is 2.01. The standard InChI is InChI=1S/C9H5BrFN3/c1-14-8-3-7(11)5(4-12)2-6(8)9(10)13-14/h2-3H,1H3. The van der Waals surface area contributed by atoms with Crippen LogP contribution in [-0.4, -0.2) is 9.78 Å². The lowest BCUT2D eigenvalue weighted by Gasteiger charge is -1.95. The number of rotatable bonds is 0. The molecule has 5 heteroatoms. The van der Waals surface area contributed by atoms with Crippen molar-refractivity contribution in [2.45, 2.75) is 0 Å². The summed E-state index contributed by atoms with van der Waals surface area (Å²) < 4.78 is 15.4. The monoisotopic (exact) mass is 253 g/mol. The van der Waals surface area contributed by atoms with Crippen molar-refractivity contribution in [2.24, 2.45) is 7.05 Å². The summed E-state index contributed by atoms with van der Waals surface area (Å²) in [6, 6.07) is 4.59. The number of hydrogen-bond acceptors (Lipinski definition) is 2. The molecule has 3 nitrogen and oxygen atoms in total. The van der Waals surface area contributed by atoms with Gasteiger partial charge in [0.1, 0.15) is 16.5 Å². The summed E-state index contributed by atoms with van der Waals surface area (Å²) in [6.45, 7) is 0. The quantitative estimate of drug-likeness (QED) is 0.724. The van der Waals surface area contributed by atoms with E-state index >= 15 is 0 Å². The Morgan fingerprint density at radius 3 is 2.93 bits per heavy atom. The third kappa shape index (κ3) is 1.19. The first kappa shape index (κ1) is 9.16. The minimum Gasteiger partial charge on any atom is -0.267 e. The molecule has 1 aromatic heterocycles. The zero-order chi connectivity index (χ0) is 10.3. The molecule has 0 saturated heterocycles. The van der Waals surface area contributed by atoms with Crippen molar-refractivity contribution >= 4 is 26.8 Å². The van der Waals surface area contributed by atoms with Crippen molar-refractivity contribution in [3.8, 4) is 6.07 Å². The molecule has 1 aromatic carbocycles. The van der Waals surface area contributed by atoms with Crippen molar-refractivity contribution < 1.29 is 4.39 Å². The zero-order valence-electron chi connectivity index (χ0n) is 7.25. The fraction of sp³-hybridized carbons (Fsp3) is 0.111. The molecule has 0 bridgehead atoms. The van der Waals surface area contributed by atoms with E-state index in [1.165, 1.54) is 12.1 Å². The molecule has 1 heterocycles. The van der Waals surface area contributed by atoms with Crippen LogP contribution in [0.25, 0.3) is 10.9 Å². The number of fused-ring (bicyclic) bond motifs is 1. The van der Waals surface area contributed by atoms with Crippen LogP contribution in [-0.2, 0) is 7.05 Å². The average Bonchev–Trinajstić information content (AvgIpc) is 2.41. The molecule has 0 radical (unpaired) electrons. The molecule has 0 saturated carbocycles. The number of hydrogen-bond donors (Lipinski definition) is 0. The van der Waals surface area contributed by atoms with E-state index in [9.17, 15) is 4.39 Å². The molecule has 0 aliphatic carbocycles. The van der Waals surface area contributed by atoms with E-state index < -0.39 is 5.82 Å². The van der Waals surface area contributed by atoms with Crippen LogP contribution in [0.4, 0.5) is 4.39 Å². The second kappa shape index (κ2) is 3.07. The van der Waals surface area contributed by atoms with E-state index in [-0.39, 0.29) is 5.56 Å². The van der Waals surface area contributed by atoms with E-state index in [4.69, 9.17) is 5.26 Å². The van der Waals surface area contributed by atoms with E-state index in [1.54, 1.807) is 17.8 Å². The minimum atomic E-state index is -0.518. The Morgan fingerprint density at radius 2 is 2.29 bits per heavy atom. The molecule has 0 amide bonds. The molecule has 0 aliphatic rings. The molecule has 2 aromatic rings. The highest BCUT2D eigenvalue weighted by Crippen LogP contribution is 2.25. The van der Waals surface area contributed by atoms with Gasteiger partial charge in [-0.3, -0.25) is 4.68 Å². The molecule has 0 fully saturated rings. The Hall–Kier alpha value is -1.41. The summed E-state index contributed by atoms with van der Waals surface area (Å²) in [5.41, 5.74) is 0.694. The van der Waals surface area contributed by atoms with Crippen molar-refractivity contribution in [1.82, 2.24) is 9.78 Å². The smallest absolute Gasteiger partial charge is 0.143 e. The van der Waals surface area contributed by atoms with Crippen LogP contribution in [0.15, 0.2) is 16.7 Å². The first-order chi connectivity index (χ1) is 6.63. The highest BCUT2D eigenvalue weighted by atomic mass is 79.9. The predicted molar refractivity (Wildman–Crippen MR) is 53.1 cm³/mol. The fourth-order valence-electron chi connectivity index (χ4n) is 1.32. The second-order valence-corrected chi connectivity index (χ2v) is 3.63. The maximum Gasteiger partial charge on any atom is 0.143 e.